The molecule has 1 aromatic rings. The number of nitrogens with one attached hydrogen (secondary N) is 1. The van der Waals surface area contributed by atoms with Crippen LogP contribution in [0.4, 0.5) is 5.13 Å². The van der Waals surface area contributed by atoms with Crippen molar-refractivity contribution in [1.82, 2.24) is 4.98 Å². The Balaban J connectivity index is 2.06. The molecular formula is C8H10N2OS. The van der Waals surface area contributed by atoms with E-state index in [9.17, 15) is 4.79 Å². The van der Waals surface area contributed by atoms with E-state index in [4.69, 9.17) is 0 Å². The minimum atomic E-state index is 0.0371. The molecule has 0 saturated heterocycles. The molecule has 1 saturated carbocycles. The van der Waals surface area contributed by atoms with Gasteiger partial charge in [0.1, 0.15) is 5.69 Å². The molecule has 1 aromatic heterocycles. The number of rotatable bonds is 3. The highest BCUT2D eigenvalue weighted by atomic mass is 32.1. The normalized spacial score (nSPS) is 16.1. The number of hydrogen-bond acceptors (Lipinski definition) is 4. The highest BCUT2D eigenvalue weighted by Gasteiger charge is 2.22. The molecule has 0 atom stereocenters. The minimum absolute atomic E-state index is 0.0371. The number of carbonyl (C=O) groups is 1. The average molecular weight is 182 g/mol. The number of hydrogen-bond donors (Lipinski definition) is 1. The Morgan fingerprint density at radius 3 is 3.00 bits per heavy atom. The van der Waals surface area contributed by atoms with Crippen LogP contribution in [0.25, 0.3) is 0 Å². The molecule has 1 N–H and O–H groups in total. The molecule has 0 aromatic carbocycles. The lowest BCUT2D eigenvalue weighted by Crippen LogP contribution is -2.01. The van der Waals surface area contributed by atoms with Gasteiger partial charge in [-0.2, -0.15) is 0 Å². The fourth-order valence-electron chi connectivity index (χ4n) is 0.904. The lowest BCUT2D eigenvalue weighted by molar-refractivity contribution is 0.101. The summed E-state index contributed by atoms with van der Waals surface area (Å²) in [5, 5.41) is 5.92. The number of Topliss-reactive ketones (excluding diaryl/α,β-unsaturated/α-hetero) is 1. The summed E-state index contributed by atoms with van der Waals surface area (Å²) < 4.78 is 0. The molecule has 0 unspecified atom stereocenters. The lowest BCUT2D eigenvalue weighted by atomic mass is 10.4. The molecule has 0 spiro atoms. The van der Waals surface area contributed by atoms with Gasteiger partial charge >= 0.3 is 0 Å². The summed E-state index contributed by atoms with van der Waals surface area (Å²) in [6.45, 7) is 1.54. The zero-order chi connectivity index (χ0) is 8.55. The monoisotopic (exact) mass is 182 g/mol. The van der Waals surface area contributed by atoms with Crippen molar-refractivity contribution in [2.24, 2.45) is 0 Å². The first kappa shape index (κ1) is 7.73. The zero-order valence-corrected chi connectivity index (χ0v) is 7.65. The Bertz CT molecular complexity index is 304. The highest BCUT2D eigenvalue weighted by Crippen LogP contribution is 2.26. The van der Waals surface area contributed by atoms with E-state index in [0.717, 1.165) is 5.13 Å². The number of carbonyl (C=O) groups excluding carboxylic acids is 1. The Hall–Kier alpha value is -0.900. The van der Waals surface area contributed by atoms with Gasteiger partial charge in [0.15, 0.2) is 10.9 Å². The maximum absolute atomic E-state index is 10.9. The minimum Gasteiger partial charge on any atom is -0.359 e. The highest BCUT2D eigenvalue weighted by molar-refractivity contribution is 7.13. The third-order valence-corrected chi connectivity index (χ3v) is 2.54. The largest absolute Gasteiger partial charge is 0.359 e. The SMILES string of the molecule is CC(=O)c1csc(NC2CC2)n1. The molecule has 1 aliphatic rings. The van der Waals surface area contributed by atoms with Gasteiger partial charge in [-0.25, -0.2) is 4.98 Å². The third kappa shape index (κ3) is 1.64. The van der Waals surface area contributed by atoms with Gasteiger partial charge in [0.2, 0.25) is 0 Å². The summed E-state index contributed by atoms with van der Waals surface area (Å²) in [6.07, 6.45) is 2.46. The second-order valence-electron chi connectivity index (χ2n) is 3.01. The van der Waals surface area contributed by atoms with Crippen LogP contribution in [0.1, 0.15) is 30.3 Å². The van der Waals surface area contributed by atoms with Gasteiger partial charge < -0.3 is 5.32 Å². The van der Waals surface area contributed by atoms with Crippen LogP contribution in [0.2, 0.25) is 0 Å². The van der Waals surface area contributed by atoms with Crippen LogP contribution in [-0.4, -0.2) is 16.8 Å². The summed E-state index contributed by atoms with van der Waals surface area (Å²) in [5.41, 5.74) is 0.572. The van der Waals surface area contributed by atoms with Crippen LogP contribution in [0, 0.1) is 0 Å². The Morgan fingerprint density at radius 1 is 1.75 bits per heavy atom. The van der Waals surface area contributed by atoms with E-state index in [1.54, 1.807) is 5.38 Å². The molecule has 1 heterocycles. The number of anilines is 1. The van der Waals surface area contributed by atoms with Gasteiger partial charge in [0.05, 0.1) is 0 Å². The molecule has 3 nitrogen and oxygen atoms in total. The summed E-state index contributed by atoms with van der Waals surface area (Å²) in [6, 6.07) is 0.607. The van der Waals surface area contributed by atoms with Crippen LogP contribution < -0.4 is 5.32 Å². The first-order valence-corrected chi connectivity index (χ1v) is 4.86. The predicted molar refractivity (Wildman–Crippen MR) is 48.8 cm³/mol. The van der Waals surface area contributed by atoms with Crippen molar-refractivity contribution in [3.8, 4) is 0 Å². The predicted octanol–water partition coefficient (Wildman–Crippen LogP) is 1.92. The maximum Gasteiger partial charge on any atom is 0.183 e. The van der Waals surface area contributed by atoms with E-state index >= 15 is 0 Å². The Kier molecular flexibility index (Phi) is 1.84. The van der Waals surface area contributed by atoms with E-state index in [2.05, 4.69) is 10.3 Å². The van der Waals surface area contributed by atoms with Crippen LogP contribution in [0.5, 0.6) is 0 Å². The molecule has 4 heteroatoms. The molecule has 64 valence electrons. The van der Waals surface area contributed by atoms with E-state index in [1.807, 2.05) is 0 Å². The van der Waals surface area contributed by atoms with Crippen molar-refractivity contribution in [2.45, 2.75) is 25.8 Å². The smallest absolute Gasteiger partial charge is 0.183 e. The molecular weight excluding hydrogens is 172 g/mol. The molecule has 1 fully saturated rings. The van der Waals surface area contributed by atoms with Crippen molar-refractivity contribution in [1.29, 1.82) is 0 Å². The van der Waals surface area contributed by atoms with E-state index in [-0.39, 0.29) is 5.78 Å². The number of aromatic nitrogens is 1. The van der Waals surface area contributed by atoms with Crippen LogP contribution in [-0.2, 0) is 0 Å². The second kappa shape index (κ2) is 2.86. The van der Waals surface area contributed by atoms with Crippen molar-refractivity contribution in [2.75, 3.05) is 5.32 Å². The quantitative estimate of drug-likeness (QED) is 0.726. The molecule has 0 aliphatic heterocycles. The molecule has 2 rings (SSSR count). The van der Waals surface area contributed by atoms with Crippen LogP contribution in [0.3, 0.4) is 0 Å². The topological polar surface area (TPSA) is 42.0 Å². The Labute approximate surface area is 74.8 Å². The zero-order valence-electron chi connectivity index (χ0n) is 6.83. The third-order valence-electron chi connectivity index (χ3n) is 1.77. The Morgan fingerprint density at radius 2 is 2.50 bits per heavy atom. The van der Waals surface area contributed by atoms with E-state index in [0.29, 0.717) is 11.7 Å². The van der Waals surface area contributed by atoms with Crippen molar-refractivity contribution < 1.29 is 4.79 Å². The fraction of sp³-hybridized carbons (Fsp3) is 0.500. The van der Waals surface area contributed by atoms with Crippen LogP contribution >= 0.6 is 11.3 Å². The number of ketones is 1. The van der Waals surface area contributed by atoms with Crippen molar-refractivity contribution in [3.05, 3.63) is 11.1 Å². The summed E-state index contributed by atoms with van der Waals surface area (Å²) in [4.78, 5) is 15.0. The van der Waals surface area contributed by atoms with E-state index in [1.165, 1.54) is 31.1 Å². The number of thiazole rings is 1. The van der Waals surface area contributed by atoms with Gasteiger partial charge in [0.25, 0.3) is 0 Å². The number of nitrogens with zero attached hydrogens (tertiary/aromatic N) is 1. The molecule has 0 amide bonds. The molecule has 0 radical (unpaired) electrons. The summed E-state index contributed by atoms with van der Waals surface area (Å²) in [7, 11) is 0. The van der Waals surface area contributed by atoms with Gasteiger partial charge in [-0.05, 0) is 12.8 Å². The average Bonchev–Trinajstić information content (AvgIpc) is 2.66. The molecule has 1 aliphatic carbocycles. The first-order valence-electron chi connectivity index (χ1n) is 3.99. The van der Waals surface area contributed by atoms with Gasteiger partial charge in [-0.1, -0.05) is 0 Å². The first-order chi connectivity index (χ1) is 5.75. The lowest BCUT2D eigenvalue weighted by Gasteiger charge is -1.95. The maximum atomic E-state index is 10.9. The summed E-state index contributed by atoms with van der Waals surface area (Å²) in [5.74, 6) is 0.0371. The van der Waals surface area contributed by atoms with E-state index < -0.39 is 0 Å². The molecule has 0 bridgehead atoms. The standard InChI is InChI=1S/C8H10N2OS/c1-5(11)7-4-12-8(10-7)9-6-2-3-6/h4,6H,2-3H2,1H3,(H,9,10). The van der Waals surface area contributed by atoms with Gasteiger partial charge in [-0.15, -0.1) is 11.3 Å². The van der Waals surface area contributed by atoms with Crippen LogP contribution in [0.15, 0.2) is 5.38 Å². The van der Waals surface area contributed by atoms with Crippen molar-refractivity contribution in [3.63, 3.8) is 0 Å². The molecule has 12 heavy (non-hydrogen) atoms. The van der Waals surface area contributed by atoms with Gasteiger partial charge in [-0.3, -0.25) is 4.79 Å². The second-order valence-corrected chi connectivity index (χ2v) is 3.87. The van der Waals surface area contributed by atoms with Crippen molar-refractivity contribution >= 4 is 22.3 Å². The fourth-order valence-corrected chi connectivity index (χ4v) is 1.73. The van der Waals surface area contributed by atoms with Gasteiger partial charge in [0, 0.05) is 18.3 Å². The summed E-state index contributed by atoms with van der Waals surface area (Å²) >= 11 is 1.50.